The van der Waals surface area contributed by atoms with Gasteiger partial charge in [-0.25, -0.2) is 23.7 Å². The zero-order valence-corrected chi connectivity index (χ0v) is 39.1. The molecule has 6 aromatic carbocycles. The molecule has 0 aliphatic heterocycles. The maximum atomic E-state index is 14.8. The van der Waals surface area contributed by atoms with Crippen LogP contribution in [0, 0.1) is 11.6 Å². The highest BCUT2D eigenvalue weighted by atomic mass is 35.5. The van der Waals surface area contributed by atoms with E-state index in [0.29, 0.717) is 57.2 Å². The van der Waals surface area contributed by atoms with Crippen molar-refractivity contribution in [1.82, 2.24) is 34.5 Å². The molecule has 376 valence electrons. The molecule has 0 atom stereocenters. The molecular weight excluding hydrogens is 1040 g/mol. The molecule has 10 rings (SSSR count). The van der Waals surface area contributed by atoms with E-state index in [-0.39, 0.29) is 34.0 Å². The summed E-state index contributed by atoms with van der Waals surface area (Å²) >= 11 is 11.2. The highest BCUT2D eigenvalue weighted by molar-refractivity contribution is 6.32. The SMILES string of the molecule is O=C(Nc1ccc(Oc2ccc3ncc(-c4cccnc4)nc3c2)c(F)c1)c1ccc(Cl)c(C(F)(F)F)c1.O=C(Nc1ccc(Oc2ccc3ncc(-n4ccnc4)nc3c2)c(F)c1)c1ccc(Cl)c(C(F)(F)F)c1. The molecule has 10 aromatic rings. The van der Waals surface area contributed by atoms with Gasteiger partial charge in [0, 0.05) is 77.1 Å². The zero-order chi connectivity index (χ0) is 53.0. The Balaban J connectivity index is 0.000000184. The number of aromatic nitrogens is 7. The number of nitrogens with zero attached hydrogens (tertiary/aromatic N) is 7. The molecule has 0 aliphatic carbocycles. The van der Waals surface area contributed by atoms with Gasteiger partial charge in [0.05, 0.1) is 61.3 Å². The van der Waals surface area contributed by atoms with Gasteiger partial charge in [-0.15, -0.1) is 0 Å². The number of carbonyl (C=O) groups is 2. The van der Waals surface area contributed by atoms with Gasteiger partial charge in [-0.2, -0.15) is 26.3 Å². The number of alkyl halides is 6. The van der Waals surface area contributed by atoms with Gasteiger partial charge in [0.2, 0.25) is 0 Å². The minimum absolute atomic E-state index is 0.0210. The number of imidazole rings is 1. The average molecular weight is 1070 g/mol. The van der Waals surface area contributed by atoms with E-state index in [1.165, 1.54) is 24.3 Å². The number of pyridine rings is 1. The molecule has 13 nitrogen and oxygen atoms in total. The van der Waals surface area contributed by atoms with Crippen LogP contribution in [0.1, 0.15) is 31.8 Å². The number of rotatable bonds is 10. The second kappa shape index (κ2) is 21.2. The Kier molecular flexibility index (Phi) is 14.4. The van der Waals surface area contributed by atoms with Gasteiger partial charge in [0.1, 0.15) is 17.8 Å². The standard InChI is InChI=1S/C27H15ClF4N4O2.C25H14ClF4N5O2/c28-20-6-3-15(10-19(20)27(30,31)32)26(37)35-17-4-8-25(21(29)11-17)38-18-5-7-22-23(12-18)36-24(14-34-22)16-2-1-9-33-13-16;26-18-4-1-14(9-17(18)25(28,29)30)24(36)33-15-2-6-22(19(27)10-15)37-16-3-5-20-21(11-16)34-23(12-32-20)35-8-7-31-13-35/h1-14H,(H,35,37);1-13H,(H,33,36). The van der Waals surface area contributed by atoms with Crippen LogP contribution in [0.3, 0.4) is 0 Å². The van der Waals surface area contributed by atoms with Crippen molar-refractivity contribution in [3.05, 3.63) is 209 Å². The van der Waals surface area contributed by atoms with Crippen LogP contribution in [0.4, 0.5) is 46.5 Å². The largest absolute Gasteiger partial charge is 0.454 e. The number of anilines is 2. The van der Waals surface area contributed by atoms with Crippen molar-refractivity contribution in [2.45, 2.75) is 12.4 Å². The summed E-state index contributed by atoms with van der Waals surface area (Å²) in [5.41, 5.74) is 0.816. The second-order valence-corrected chi connectivity index (χ2v) is 16.6. The molecular formula is C52H29Cl2F8N9O4. The number of halogens is 10. The first-order valence-corrected chi connectivity index (χ1v) is 22.3. The smallest absolute Gasteiger partial charge is 0.417 e. The molecule has 0 aliphatic rings. The lowest BCUT2D eigenvalue weighted by molar-refractivity contribution is -0.138. The highest BCUT2D eigenvalue weighted by Gasteiger charge is 2.35. The summed E-state index contributed by atoms with van der Waals surface area (Å²) in [6.07, 6.45) is 1.97. The third-order valence-corrected chi connectivity index (χ3v) is 11.3. The third kappa shape index (κ3) is 12.1. The Bertz CT molecular complexity index is 3780. The zero-order valence-electron chi connectivity index (χ0n) is 37.6. The molecule has 23 heteroatoms. The summed E-state index contributed by atoms with van der Waals surface area (Å²) in [6.45, 7) is 0. The van der Waals surface area contributed by atoms with E-state index in [2.05, 4.69) is 40.5 Å². The van der Waals surface area contributed by atoms with Crippen LogP contribution >= 0.6 is 23.2 Å². The lowest BCUT2D eigenvalue weighted by atomic mass is 10.1. The van der Waals surface area contributed by atoms with Crippen LogP contribution in [-0.4, -0.2) is 46.3 Å². The molecule has 0 fully saturated rings. The fraction of sp³-hybridized carbons (Fsp3) is 0.0385. The predicted molar refractivity (Wildman–Crippen MR) is 261 cm³/mol. The Morgan fingerprint density at radius 1 is 0.547 bits per heavy atom. The molecule has 0 spiro atoms. The quantitative estimate of drug-likeness (QED) is 0.126. The van der Waals surface area contributed by atoms with E-state index >= 15 is 0 Å². The molecule has 75 heavy (non-hydrogen) atoms. The van der Waals surface area contributed by atoms with Crippen LogP contribution in [0.5, 0.6) is 23.0 Å². The van der Waals surface area contributed by atoms with E-state index in [4.69, 9.17) is 32.7 Å². The van der Waals surface area contributed by atoms with Gasteiger partial charge in [0.25, 0.3) is 11.8 Å². The number of benzene rings is 6. The van der Waals surface area contributed by atoms with Crippen molar-refractivity contribution in [3.8, 4) is 40.1 Å². The van der Waals surface area contributed by atoms with E-state index in [1.54, 1.807) is 90.5 Å². The fourth-order valence-corrected chi connectivity index (χ4v) is 7.47. The lowest BCUT2D eigenvalue weighted by Gasteiger charge is -2.12. The van der Waals surface area contributed by atoms with Gasteiger partial charge in [0.15, 0.2) is 29.0 Å². The molecule has 0 unspecified atom stereocenters. The number of amides is 2. The summed E-state index contributed by atoms with van der Waals surface area (Å²) < 4.78 is 121. The van der Waals surface area contributed by atoms with Crippen molar-refractivity contribution < 1.29 is 54.2 Å². The van der Waals surface area contributed by atoms with Gasteiger partial charge < -0.3 is 20.1 Å². The number of fused-ring (bicyclic) bond motifs is 2. The molecule has 0 bridgehead atoms. The topological polar surface area (TPSA) is 159 Å². The fourth-order valence-electron chi connectivity index (χ4n) is 7.02. The summed E-state index contributed by atoms with van der Waals surface area (Å²) in [5, 5.41) is 3.66. The molecule has 2 N–H and O–H groups in total. The van der Waals surface area contributed by atoms with Crippen LogP contribution < -0.4 is 20.1 Å². The number of ether oxygens (including phenoxy) is 2. The monoisotopic (exact) mass is 1070 g/mol. The first-order chi connectivity index (χ1) is 35.8. The Morgan fingerprint density at radius 3 is 1.56 bits per heavy atom. The van der Waals surface area contributed by atoms with E-state index in [9.17, 15) is 44.7 Å². The summed E-state index contributed by atoms with van der Waals surface area (Å²) in [5.74, 6) is -2.47. The van der Waals surface area contributed by atoms with Gasteiger partial charge in [-0.1, -0.05) is 23.2 Å². The Hall–Kier alpha value is -9.08. The van der Waals surface area contributed by atoms with Crippen LogP contribution in [-0.2, 0) is 12.4 Å². The molecule has 4 heterocycles. The van der Waals surface area contributed by atoms with Crippen molar-refractivity contribution in [3.63, 3.8) is 0 Å². The maximum absolute atomic E-state index is 14.8. The van der Waals surface area contributed by atoms with Gasteiger partial charge in [-0.05, 0) is 97.1 Å². The van der Waals surface area contributed by atoms with Crippen molar-refractivity contribution in [1.29, 1.82) is 0 Å². The third-order valence-electron chi connectivity index (χ3n) is 10.6. The molecule has 0 radical (unpaired) electrons. The average Bonchev–Trinajstić information content (AvgIpc) is 3.93. The van der Waals surface area contributed by atoms with Crippen LogP contribution in [0.25, 0.3) is 39.1 Å². The first-order valence-electron chi connectivity index (χ1n) is 21.6. The van der Waals surface area contributed by atoms with Crippen LogP contribution in [0.15, 0.2) is 165 Å². The molecule has 0 saturated carbocycles. The lowest BCUT2D eigenvalue weighted by Crippen LogP contribution is -2.14. The van der Waals surface area contributed by atoms with Crippen molar-refractivity contribution in [2.24, 2.45) is 0 Å². The van der Waals surface area contributed by atoms with Crippen LogP contribution in [0.2, 0.25) is 10.0 Å². The second-order valence-electron chi connectivity index (χ2n) is 15.8. The van der Waals surface area contributed by atoms with E-state index in [0.717, 1.165) is 42.0 Å². The van der Waals surface area contributed by atoms with Gasteiger partial charge in [-0.3, -0.25) is 29.1 Å². The number of carbonyl (C=O) groups excluding carboxylic acids is 2. The minimum Gasteiger partial charge on any atom is -0.454 e. The molecule has 4 aromatic heterocycles. The minimum atomic E-state index is -4.73. The van der Waals surface area contributed by atoms with Crippen molar-refractivity contribution in [2.75, 3.05) is 10.6 Å². The Labute approximate surface area is 427 Å². The maximum Gasteiger partial charge on any atom is 0.417 e. The summed E-state index contributed by atoms with van der Waals surface area (Å²) in [7, 11) is 0. The normalized spacial score (nSPS) is 11.4. The summed E-state index contributed by atoms with van der Waals surface area (Å²) in [6, 6.07) is 26.2. The van der Waals surface area contributed by atoms with E-state index < -0.39 is 57.0 Å². The van der Waals surface area contributed by atoms with Crippen molar-refractivity contribution >= 4 is 68.5 Å². The summed E-state index contributed by atoms with van der Waals surface area (Å²) in [4.78, 5) is 50.7. The number of nitrogens with one attached hydrogen (secondary N) is 2. The Morgan fingerprint density at radius 2 is 1.08 bits per heavy atom. The van der Waals surface area contributed by atoms with Gasteiger partial charge >= 0.3 is 12.4 Å². The first kappa shape index (κ1) is 50.8. The number of hydrogen-bond acceptors (Lipinski definition) is 10. The molecule has 2 amide bonds. The van der Waals surface area contributed by atoms with E-state index in [1.807, 2.05) is 6.07 Å². The molecule has 0 saturated heterocycles. The number of hydrogen-bond donors (Lipinski definition) is 2. The predicted octanol–water partition coefficient (Wildman–Crippen LogP) is 14.2. The highest BCUT2D eigenvalue weighted by Crippen LogP contribution is 2.37.